The molecule has 0 spiro atoms. The van der Waals surface area contributed by atoms with Crippen molar-refractivity contribution in [3.63, 3.8) is 0 Å². The second-order valence-electron chi connectivity index (χ2n) is 3.48. The summed E-state index contributed by atoms with van der Waals surface area (Å²) in [4.78, 5) is 14.7. The van der Waals surface area contributed by atoms with Gasteiger partial charge in [0.1, 0.15) is 0 Å². The van der Waals surface area contributed by atoms with Crippen LogP contribution in [0.4, 0.5) is 11.5 Å². The third-order valence-corrected chi connectivity index (χ3v) is 2.34. The first-order valence-electron chi connectivity index (χ1n) is 4.38. The summed E-state index contributed by atoms with van der Waals surface area (Å²) < 4.78 is 15.3. The fourth-order valence-corrected chi connectivity index (χ4v) is 1.80. The van der Waals surface area contributed by atoms with Gasteiger partial charge in [-0.15, -0.1) is 0 Å². The molecule has 0 bridgehead atoms. The van der Waals surface area contributed by atoms with Crippen LogP contribution in [0.25, 0.3) is 0 Å². The van der Waals surface area contributed by atoms with E-state index < -0.39 is 9.73 Å². The van der Waals surface area contributed by atoms with Gasteiger partial charge in [-0.1, -0.05) is 11.6 Å². The Hall–Kier alpha value is -1.14. The van der Waals surface area contributed by atoms with Gasteiger partial charge in [-0.05, 0) is 6.07 Å². The predicted octanol–water partition coefficient (Wildman–Crippen LogP) is 2.05. The average molecular weight is 262 g/mol. The van der Waals surface area contributed by atoms with E-state index in [1.165, 1.54) is 31.7 Å². The van der Waals surface area contributed by atoms with Gasteiger partial charge in [-0.25, -0.2) is 9.19 Å². The number of pyridine rings is 1. The normalized spacial score (nSPS) is 11.0. The van der Waals surface area contributed by atoms with Crippen LogP contribution in [0, 0.1) is 0 Å². The van der Waals surface area contributed by atoms with Gasteiger partial charge in [0.2, 0.25) is 5.91 Å². The monoisotopic (exact) mass is 261 g/mol. The number of nitrogens with zero attached hydrogens (tertiary/aromatic N) is 2. The third-order valence-electron chi connectivity index (χ3n) is 1.45. The minimum Gasteiger partial charge on any atom is -0.325 e. The molecule has 0 unspecified atom stereocenters. The lowest BCUT2D eigenvalue weighted by molar-refractivity contribution is -0.114. The Labute approximate surface area is 99.4 Å². The summed E-state index contributed by atoms with van der Waals surface area (Å²) in [6.45, 7) is 1.39. The maximum Gasteiger partial charge on any atom is 0.221 e. The van der Waals surface area contributed by atoms with Crippen LogP contribution >= 0.6 is 11.6 Å². The molecule has 1 heterocycles. The molecule has 1 aromatic heterocycles. The van der Waals surface area contributed by atoms with Crippen molar-refractivity contribution in [1.29, 1.82) is 0 Å². The molecule has 88 valence electrons. The summed E-state index contributed by atoms with van der Waals surface area (Å²) in [5, 5.41) is 2.79. The van der Waals surface area contributed by atoms with E-state index in [1.54, 1.807) is 0 Å². The van der Waals surface area contributed by atoms with Gasteiger partial charge in [0.05, 0.1) is 16.9 Å². The summed E-state index contributed by atoms with van der Waals surface area (Å²) in [5.74, 6) is 0.00287. The molecule has 0 atom stereocenters. The standard InChI is InChI=1S/C9H12ClN3O2S/c1-6(14)12-7-4-8(10)9(11-5-7)13-16(2,3)15/h4-5H,1-3H3,(H,12,14). The molecule has 5 nitrogen and oxygen atoms in total. The predicted molar refractivity (Wildman–Crippen MR) is 65.6 cm³/mol. The van der Waals surface area contributed by atoms with Gasteiger partial charge >= 0.3 is 0 Å². The van der Waals surface area contributed by atoms with Crippen LogP contribution in [0.2, 0.25) is 5.02 Å². The van der Waals surface area contributed by atoms with Crippen LogP contribution in [-0.4, -0.2) is 27.6 Å². The zero-order valence-corrected chi connectivity index (χ0v) is 10.7. The second kappa shape index (κ2) is 4.80. The quantitative estimate of drug-likeness (QED) is 0.886. The molecule has 0 saturated carbocycles. The molecule has 16 heavy (non-hydrogen) atoms. The largest absolute Gasteiger partial charge is 0.325 e. The smallest absolute Gasteiger partial charge is 0.221 e. The lowest BCUT2D eigenvalue weighted by atomic mass is 10.4. The number of hydrogen-bond donors (Lipinski definition) is 1. The van der Waals surface area contributed by atoms with Crippen LogP contribution in [0.15, 0.2) is 16.6 Å². The summed E-state index contributed by atoms with van der Waals surface area (Å²) in [5.41, 5.74) is 0.482. The van der Waals surface area contributed by atoms with Crippen molar-refractivity contribution < 1.29 is 9.00 Å². The first-order chi connectivity index (χ1) is 7.28. The minimum atomic E-state index is -2.29. The number of nitrogens with one attached hydrogen (secondary N) is 1. The first kappa shape index (κ1) is 12.9. The molecule has 7 heteroatoms. The molecule has 0 aliphatic rings. The Bertz CT molecular complexity index is 528. The maximum absolute atomic E-state index is 11.4. The van der Waals surface area contributed by atoms with Crippen LogP contribution in [0.5, 0.6) is 0 Å². The number of anilines is 1. The number of carbonyl (C=O) groups excluding carboxylic acids is 1. The number of hydrogen-bond acceptors (Lipinski definition) is 4. The lowest BCUT2D eigenvalue weighted by Gasteiger charge is -2.03. The fourth-order valence-electron chi connectivity index (χ4n) is 0.978. The minimum absolute atomic E-state index is 0.211. The van der Waals surface area contributed by atoms with Gasteiger partial charge in [0.25, 0.3) is 0 Å². The third kappa shape index (κ3) is 4.16. The van der Waals surface area contributed by atoms with E-state index >= 15 is 0 Å². The first-order valence-corrected chi connectivity index (χ1v) is 7.09. The average Bonchev–Trinajstić information content (AvgIpc) is 2.06. The van der Waals surface area contributed by atoms with Crippen molar-refractivity contribution in [1.82, 2.24) is 4.98 Å². The molecular formula is C9H12ClN3O2S. The van der Waals surface area contributed by atoms with E-state index in [0.29, 0.717) is 5.69 Å². The zero-order valence-electron chi connectivity index (χ0n) is 9.15. The highest BCUT2D eigenvalue weighted by atomic mass is 35.5. The summed E-state index contributed by atoms with van der Waals surface area (Å²) >= 11 is 5.89. The highest BCUT2D eigenvalue weighted by molar-refractivity contribution is 7.92. The molecule has 0 aromatic carbocycles. The number of carbonyl (C=O) groups is 1. The van der Waals surface area contributed by atoms with E-state index in [1.807, 2.05) is 0 Å². The Morgan fingerprint density at radius 3 is 2.62 bits per heavy atom. The van der Waals surface area contributed by atoms with E-state index in [0.717, 1.165) is 0 Å². The van der Waals surface area contributed by atoms with Crippen LogP contribution in [0.1, 0.15) is 6.92 Å². The van der Waals surface area contributed by atoms with Crippen LogP contribution in [-0.2, 0) is 14.5 Å². The van der Waals surface area contributed by atoms with Gasteiger partial charge in [0, 0.05) is 29.2 Å². The van der Waals surface area contributed by atoms with Crippen molar-refractivity contribution in [3.8, 4) is 0 Å². The van der Waals surface area contributed by atoms with Crippen molar-refractivity contribution in [2.75, 3.05) is 17.8 Å². The van der Waals surface area contributed by atoms with Crippen molar-refractivity contribution in [2.45, 2.75) is 6.92 Å². The maximum atomic E-state index is 11.4. The number of rotatable bonds is 2. The van der Waals surface area contributed by atoms with Crippen molar-refractivity contribution >= 4 is 38.7 Å². The van der Waals surface area contributed by atoms with Crippen LogP contribution in [0.3, 0.4) is 0 Å². The molecule has 1 amide bonds. The molecule has 0 radical (unpaired) electrons. The number of aromatic nitrogens is 1. The molecule has 0 aliphatic carbocycles. The highest BCUT2D eigenvalue weighted by Crippen LogP contribution is 2.25. The lowest BCUT2D eigenvalue weighted by Crippen LogP contribution is -2.05. The summed E-state index contributed by atoms with van der Waals surface area (Å²) in [6, 6.07) is 1.51. The molecule has 0 saturated heterocycles. The molecular weight excluding hydrogens is 250 g/mol. The van der Waals surface area contributed by atoms with E-state index in [4.69, 9.17) is 11.6 Å². The summed E-state index contributed by atoms with van der Waals surface area (Å²) in [6.07, 6.45) is 4.40. The van der Waals surface area contributed by atoms with E-state index in [9.17, 15) is 9.00 Å². The molecule has 0 fully saturated rings. The fraction of sp³-hybridized carbons (Fsp3) is 0.333. The SMILES string of the molecule is CC(=O)Nc1cnc(N=S(C)(C)=O)c(Cl)c1. The summed E-state index contributed by atoms with van der Waals surface area (Å²) in [7, 11) is -2.29. The Balaban J connectivity index is 3.10. The molecule has 1 aromatic rings. The van der Waals surface area contributed by atoms with Gasteiger partial charge in [-0.2, -0.15) is 4.36 Å². The van der Waals surface area contributed by atoms with Crippen molar-refractivity contribution in [2.24, 2.45) is 4.36 Å². The van der Waals surface area contributed by atoms with Crippen molar-refractivity contribution in [3.05, 3.63) is 17.3 Å². The zero-order chi connectivity index (χ0) is 12.3. The van der Waals surface area contributed by atoms with Crippen LogP contribution < -0.4 is 5.32 Å². The molecule has 1 rings (SSSR count). The Kier molecular flexibility index (Phi) is 3.88. The Morgan fingerprint density at radius 2 is 2.19 bits per heavy atom. The topological polar surface area (TPSA) is 71.4 Å². The van der Waals surface area contributed by atoms with E-state index in [2.05, 4.69) is 14.7 Å². The molecule has 1 N–H and O–H groups in total. The van der Waals surface area contributed by atoms with Gasteiger partial charge < -0.3 is 5.32 Å². The Morgan fingerprint density at radius 1 is 1.56 bits per heavy atom. The number of halogens is 1. The molecule has 0 aliphatic heterocycles. The van der Waals surface area contributed by atoms with E-state index in [-0.39, 0.29) is 16.7 Å². The highest BCUT2D eigenvalue weighted by Gasteiger charge is 2.05. The van der Waals surface area contributed by atoms with Gasteiger partial charge in [0.15, 0.2) is 5.82 Å². The number of amides is 1. The van der Waals surface area contributed by atoms with Gasteiger partial charge in [-0.3, -0.25) is 4.79 Å². The second-order valence-corrected chi connectivity index (χ2v) is 6.44.